The maximum atomic E-state index is 12.6. The highest BCUT2D eigenvalue weighted by Gasteiger charge is 2.30. The normalized spacial score (nSPS) is 15.6. The summed E-state index contributed by atoms with van der Waals surface area (Å²) < 4.78 is 42.7. The molecule has 8 heteroatoms. The molecule has 0 spiro atoms. The Labute approximate surface area is 148 Å². The summed E-state index contributed by atoms with van der Waals surface area (Å²) in [5, 5.41) is 2.82. The van der Waals surface area contributed by atoms with Crippen LogP contribution in [0.1, 0.15) is 37.7 Å². The first-order chi connectivity index (χ1) is 11.8. The molecule has 2 rings (SSSR count). The lowest BCUT2D eigenvalue weighted by Gasteiger charge is -2.22. The lowest BCUT2D eigenvalue weighted by Crippen LogP contribution is -2.38. The van der Waals surface area contributed by atoms with Crippen molar-refractivity contribution >= 4 is 23.6 Å². The zero-order chi connectivity index (χ0) is 18.3. The molecule has 1 N–H and O–H groups in total. The van der Waals surface area contributed by atoms with Crippen LogP contribution in [0, 0.1) is 0 Å². The number of carbonyl (C=O) groups is 2. The van der Waals surface area contributed by atoms with Crippen LogP contribution < -0.4 is 5.32 Å². The van der Waals surface area contributed by atoms with E-state index in [0.717, 1.165) is 49.6 Å². The van der Waals surface area contributed by atoms with E-state index in [1.54, 1.807) is 0 Å². The fourth-order valence-corrected chi connectivity index (χ4v) is 3.36. The minimum Gasteiger partial charge on any atom is -0.455 e. The van der Waals surface area contributed by atoms with E-state index >= 15 is 0 Å². The molecule has 1 fully saturated rings. The third-order valence-corrected chi connectivity index (χ3v) is 4.82. The molecule has 138 valence electrons. The standard InChI is InChI=1S/C17H20F3NO3S/c18-17(19,20)12-5-4-8-14(9-12)25-11-16(23)24-10-15(22)21-13-6-2-1-3-7-13/h4-5,8-9,13H,1-3,6-7,10-11H2,(H,21,22). The molecular formula is C17H20F3NO3S. The van der Waals surface area contributed by atoms with E-state index in [1.165, 1.54) is 18.6 Å². The minimum absolute atomic E-state index is 0.138. The van der Waals surface area contributed by atoms with E-state index in [2.05, 4.69) is 5.32 Å². The van der Waals surface area contributed by atoms with Crippen molar-refractivity contribution in [3.05, 3.63) is 29.8 Å². The molecule has 4 nitrogen and oxygen atoms in total. The van der Waals surface area contributed by atoms with E-state index in [-0.39, 0.29) is 24.3 Å². The van der Waals surface area contributed by atoms with Gasteiger partial charge in [0.05, 0.1) is 11.3 Å². The van der Waals surface area contributed by atoms with Crippen molar-refractivity contribution in [2.75, 3.05) is 12.4 Å². The summed E-state index contributed by atoms with van der Waals surface area (Å²) in [7, 11) is 0. The van der Waals surface area contributed by atoms with Crippen LogP contribution in [-0.2, 0) is 20.5 Å². The van der Waals surface area contributed by atoms with E-state index in [4.69, 9.17) is 4.74 Å². The molecule has 0 aromatic heterocycles. The fourth-order valence-electron chi connectivity index (χ4n) is 2.61. The van der Waals surface area contributed by atoms with Crippen LogP contribution in [-0.4, -0.2) is 30.3 Å². The van der Waals surface area contributed by atoms with Gasteiger partial charge in [-0.2, -0.15) is 13.2 Å². The van der Waals surface area contributed by atoms with Crippen LogP contribution in [0.25, 0.3) is 0 Å². The highest BCUT2D eigenvalue weighted by atomic mass is 32.2. The topological polar surface area (TPSA) is 55.4 Å². The molecule has 0 atom stereocenters. The highest BCUT2D eigenvalue weighted by molar-refractivity contribution is 8.00. The maximum absolute atomic E-state index is 12.6. The van der Waals surface area contributed by atoms with Crippen molar-refractivity contribution in [2.24, 2.45) is 0 Å². The molecule has 1 aromatic rings. The Morgan fingerprint density at radius 2 is 1.92 bits per heavy atom. The number of alkyl halides is 3. The number of carbonyl (C=O) groups excluding carboxylic acids is 2. The average molecular weight is 375 g/mol. The molecule has 0 saturated heterocycles. The number of amides is 1. The predicted octanol–water partition coefficient (Wildman–Crippen LogP) is 3.79. The van der Waals surface area contributed by atoms with Crippen LogP contribution >= 0.6 is 11.8 Å². The maximum Gasteiger partial charge on any atom is 0.416 e. The number of esters is 1. The molecular weight excluding hydrogens is 355 g/mol. The largest absolute Gasteiger partial charge is 0.455 e. The molecule has 0 aliphatic heterocycles. The fraction of sp³-hybridized carbons (Fsp3) is 0.529. The van der Waals surface area contributed by atoms with Crippen LogP contribution in [0.3, 0.4) is 0 Å². The molecule has 0 heterocycles. The van der Waals surface area contributed by atoms with Gasteiger partial charge in [-0.3, -0.25) is 9.59 Å². The summed E-state index contributed by atoms with van der Waals surface area (Å²) in [5.41, 5.74) is -0.766. The first kappa shape index (κ1) is 19.6. The van der Waals surface area contributed by atoms with Crippen LogP contribution in [0.5, 0.6) is 0 Å². The molecule has 1 saturated carbocycles. The van der Waals surface area contributed by atoms with E-state index in [9.17, 15) is 22.8 Å². The Balaban J connectivity index is 1.71. The third kappa shape index (κ3) is 6.97. The Hall–Kier alpha value is -1.70. The molecule has 1 aromatic carbocycles. The number of ether oxygens (including phenoxy) is 1. The molecule has 0 radical (unpaired) electrons. The smallest absolute Gasteiger partial charge is 0.416 e. The Bertz CT molecular complexity index is 601. The minimum atomic E-state index is -4.42. The van der Waals surface area contributed by atoms with Gasteiger partial charge >= 0.3 is 12.1 Å². The van der Waals surface area contributed by atoms with Crippen molar-refractivity contribution in [3.8, 4) is 0 Å². The molecule has 1 amide bonds. The molecule has 1 aliphatic carbocycles. The van der Waals surface area contributed by atoms with Gasteiger partial charge in [-0.15, -0.1) is 11.8 Å². The van der Waals surface area contributed by atoms with Crippen molar-refractivity contribution in [2.45, 2.75) is 49.2 Å². The molecule has 1 aliphatic rings. The van der Waals surface area contributed by atoms with Crippen molar-refractivity contribution in [1.29, 1.82) is 0 Å². The number of nitrogens with one attached hydrogen (secondary N) is 1. The Morgan fingerprint density at radius 3 is 2.60 bits per heavy atom. The van der Waals surface area contributed by atoms with E-state index in [0.29, 0.717) is 4.90 Å². The van der Waals surface area contributed by atoms with E-state index in [1.807, 2.05) is 0 Å². The lowest BCUT2D eigenvalue weighted by atomic mass is 9.95. The lowest BCUT2D eigenvalue weighted by molar-refractivity contribution is -0.146. The number of benzene rings is 1. The summed E-state index contributed by atoms with van der Waals surface area (Å²) in [4.78, 5) is 23.7. The summed E-state index contributed by atoms with van der Waals surface area (Å²) in [5.74, 6) is -1.14. The SMILES string of the molecule is O=C(COC(=O)CSc1cccc(C(F)(F)F)c1)NC1CCCCC1. The van der Waals surface area contributed by atoms with Gasteiger partial charge < -0.3 is 10.1 Å². The van der Waals surface area contributed by atoms with Gasteiger partial charge in [0, 0.05) is 10.9 Å². The van der Waals surface area contributed by atoms with Crippen LogP contribution in [0.4, 0.5) is 13.2 Å². The number of rotatable bonds is 6. The van der Waals surface area contributed by atoms with Gasteiger partial charge in [0.25, 0.3) is 5.91 Å². The van der Waals surface area contributed by atoms with Crippen molar-refractivity contribution in [3.63, 3.8) is 0 Å². The second-order valence-corrected chi connectivity index (χ2v) is 6.93. The quantitative estimate of drug-likeness (QED) is 0.607. The second kappa shape index (κ2) is 9.12. The summed E-state index contributed by atoms with van der Waals surface area (Å²) in [6.07, 6.45) is 0.787. The van der Waals surface area contributed by atoms with Crippen molar-refractivity contribution < 1.29 is 27.5 Å². The number of hydrogen-bond acceptors (Lipinski definition) is 4. The Morgan fingerprint density at radius 1 is 1.20 bits per heavy atom. The first-order valence-corrected chi connectivity index (χ1v) is 9.08. The summed E-state index contributed by atoms with van der Waals surface area (Å²) in [6, 6.07) is 4.86. The van der Waals surface area contributed by atoms with Crippen LogP contribution in [0.2, 0.25) is 0 Å². The molecule has 25 heavy (non-hydrogen) atoms. The zero-order valence-corrected chi connectivity index (χ0v) is 14.4. The number of hydrogen-bond donors (Lipinski definition) is 1. The van der Waals surface area contributed by atoms with Gasteiger partial charge in [0.15, 0.2) is 6.61 Å². The summed E-state index contributed by atoms with van der Waals surface area (Å²) >= 11 is 0.940. The van der Waals surface area contributed by atoms with Gasteiger partial charge in [-0.05, 0) is 31.0 Å². The van der Waals surface area contributed by atoms with Crippen LogP contribution in [0.15, 0.2) is 29.2 Å². The van der Waals surface area contributed by atoms with Gasteiger partial charge in [0.1, 0.15) is 0 Å². The number of halogens is 3. The van der Waals surface area contributed by atoms with Gasteiger partial charge in [-0.25, -0.2) is 0 Å². The first-order valence-electron chi connectivity index (χ1n) is 8.09. The van der Waals surface area contributed by atoms with Gasteiger partial charge in [0.2, 0.25) is 0 Å². The van der Waals surface area contributed by atoms with E-state index < -0.39 is 17.7 Å². The number of thioether (sulfide) groups is 1. The monoisotopic (exact) mass is 375 g/mol. The molecule has 0 unspecified atom stereocenters. The zero-order valence-electron chi connectivity index (χ0n) is 13.6. The van der Waals surface area contributed by atoms with Crippen molar-refractivity contribution in [1.82, 2.24) is 5.32 Å². The Kier molecular flexibility index (Phi) is 7.16. The van der Waals surface area contributed by atoms with Gasteiger partial charge in [-0.1, -0.05) is 25.3 Å². The highest BCUT2D eigenvalue weighted by Crippen LogP contribution is 2.31. The molecule has 0 bridgehead atoms. The summed E-state index contributed by atoms with van der Waals surface area (Å²) in [6.45, 7) is -0.363. The second-order valence-electron chi connectivity index (χ2n) is 5.88. The predicted molar refractivity (Wildman–Crippen MR) is 88.1 cm³/mol. The third-order valence-electron chi connectivity index (χ3n) is 3.85. The average Bonchev–Trinajstić information content (AvgIpc) is 2.58.